The first kappa shape index (κ1) is 26.2. The first-order valence-corrected chi connectivity index (χ1v) is 12.7. The number of carbonyl (C=O) groups is 1. The second-order valence-corrected chi connectivity index (χ2v) is 9.54. The molecule has 3 aromatic carbocycles. The summed E-state index contributed by atoms with van der Waals surface area (Å²) in [6.07, 6.45) is 0. The number of nitrogens with zero attached hydrogens (tertiary/aromatic N) is 1. The molecule has 0 spiro atoms. The number of amides is 1. The zero-order valence-electron chi connectivity index (χ0n) is 19.4. The molecule has 0 aliphatic heterocycles. The summed E-state index contributed by atoms with van der Waals surface area (Å²) in [6.45, 7) is 2.26. The molecule has 0 bridgehead atoms. The number of hydrogen-bond donors (Lipinski definition) is 1. The number of carbonyl (C=O) groups excluding carboxylic acids is 1. The van der Waals surface area contributed by atoms with E-state index in [2.05, 4.69) is 5.32 Å². The third kappa shape index (κ3) is 7.03. The number of rotatable bonds is 12. The first-order chi connectivity index (χ1) is 16.8. The fourth-order valence-corrected chi connectivity index (χ4v) is 4.75. The average Bonchev–Trinajstić information content (AvgIpc) is 2.86. The number of benzene rings is 3. The Morgan fingerprint density at radius 1 is 0.943 bits per heavy atom. The molecule has 0 unspecified atom stereocenters. The maximum absolute atomic E-state index is 13.4. The fourth-order valence-electron chi connectivity index (χ4n) is 3.20. The van der Waals surface area contributed by atoms with Crippen LogP contribution in [0.5, 0.6) is 17.2 Å². The molecule has 3 rings (SSSR count). The van der Waals surface area contributed by atoms with Crippen molar-refractivity contribution in [1.29, 1.82) is 0 Å². The van der Waals surface area contributed by atoms with Crippen LogP contribution in [0, 0.1) is 0 Å². The molecule has 1 N–H and O–H groups in total. The van der Waals surface area contributed by atoms with E-state index < -0.39 is 22.5 Å². The van der Waals surface area contributed by atoms with E-state index in [0.29, 0.717) is 34.6 Å². The molecule has 1 amide bonds. The van der Waals surface area contributed by atoms with Gasteiger partial charge in [0.25, 0.3) is 10.0 Å². The molecule has 0 saturated carbocycles. The normalized spacial score (nSPS) is 10.9. The van der Waals surface area contributed by atoms with Crippen LogP contribution >= 0.6 is 11.6 Å². The van der Waals surface area contributed by atoms with Crippen molar-refractivity contribution in [3.8, 4) is 17.2 Å². The van der Waals surface area contributed by atoms with Crippen LogP contribution in [0.15, 0.2) is 77.7 Å². The van der Waals surface area contributed by atoms with E-state index >= 15 is 0 Å². The van der Waals surface area contributed by atoms with E-state index in [1.165, 1.54) is 24.3 Å². The Balaban J connectivity index is 1.72. The average molecular weight is 519 g/mol. The highest BCUT2D eigenvalue weighted by Crippen LogP contribution is 2.27. The molecule has 0 aromatic heterocycles. The molecular weight excluding hydrogens is 492 g/mol. The van der Waals surface area contributed by atoms with Gasteiger partial charge in [0.1, 0.15) is 18.9 Å². The van der Waals surface area contributed by atoms with Gasteiger partial charge in [0, 0.05) is 5.02 Å². The Morgan fingerprint density at radius 3 is 2.23 bits per heavy atom. The second kappa shape index (κ2) is 12.3. The molecule has 0 radical (unpaired) electrons. The van der Waals surface area contributed by atoms with Crippen LogP contribution in [0.3, 0.4) is 0 Å². The summed E-state index contributed by atoms with van der Waals surface area (Å²) in [7, 11) is -2.51. The van der Waals surface area contributed by atoms with Gasteiger partial charge in [0.15, 0.2) is 11.5 Å². The minimum atomic E-state index is -4.05. The number of halogens is 1. The van der Waals surface area contributed by atoms with Gasteiger partial charge < -0.3 is 19.5 Å². The van der Waals surface area contributed by atoms with E-state index in [-0.39, 0.29) is 18.0 Å². The lowest BCUT2D eigenvalue weighted by molar-refractivity contribution is -0.119. The molecule has 10 heteroatoms. The molecule has 0 atom stereocenters. The molecule has 0 heterocycles. The van der Waals surface area contributed by atoms with E-state index in [1.807, 2.05) is 19.1 Å². The van der Waals surface area contributed by atoms with Gasteiger partial charge in [0.2, 0.25) is 5.91 Å². The summed E-state index contributed by atoms with van der Waals surface area (Å²) >= 11 is 5.92. The molecular formula is C25H27ClN2O6S. The maximum atomic E-state index is 13.4. The number of sulfonamides is 1. The predicted molar refractivity (Wildman–Crippen MR) is 135 cm³/mol. The summed E-state index contributed by atoms with van der Waals surface area (Å²) in [5.41, 5.74) is 0.323. The Morgan fingerprint density at radius 2 is 1.60 bits per heavy atom. The van der Waals surface area contributed by atoms with Gasteiger partial charge in [-0.3, -0.25) is 9.10 Å². The van der Waals surface area contributed by atoms with Crippen LogP contribution in [0.2, 0.25) is 5.02 Å². The van der Waals surface area contributed by atoms with Gasteiger partial charge in [-0.2, -0.15) is 0 Å². The van der Waals surface area contributed by atoms with Crippen molar-refractivity contribution in [3.05, 3.63) is 77.8 Å². The molecule has 8 nitrogen and oxygen atoms in total. The van der Waals surface area contributed by atoms with E-state index in [9.17, 15) is 13.2 Å². The third-order valence-corrected chi connectivity index (χ3v) is 6.92. The van der Waals surface area contributed by atoms with Gasteiger partial charge in [-0.05, 0) is 67.6 Å². The topological polar surface area (TPSA) is 94.2 Å². The molecule has 0 saturated heterocycles. The van der Waals surface area contributed by atoms with Crippen molar-refractivity contribution in [2.75, 3.05) is 37.7 Å². The van der Waals surface area contributed by atoms with Gasteiger partial charge in [-0.1, -0.05) is 23.7 Å². The molecule has 35 heavy (non-hydrogen) atoms. The van der Waals surface area contributed by atoms with Crippen molar-refractivity contribution >= 4 is 33.2 Å². The Kier molecular flexibility index (Phi) is 9.22. The van der Waals surface area contributed by atoms with Gasteiger partial charge >= 0.3 is 0 Å². The molecule has 0 aliphatic carbocycles. The summed E-state index contributed by atoms with van der Waals surface area (Å²) in [4.78, 5) is 12.7. The van der Waals surface area contributed by atoms with Crippen LogP contribution in [0.4, 0.5) is 5.69 Å². The monoisotopic (exact) mass is 518 g/mol. The van der Waals surface area contributed by atoms with E-state index in [1.54, 1.807) is 43.5 Å². The van der Waals surface area contributed by atoms with Gasteiger partial charge in [0.05, 0.1) is 30.8 Å². The van der Waals surface area contributed by atoms with Gasteiger partial charge in [-0.25, -0.2) is 8.42 Å². The third-order valence-electron chi connectivity index (χ3n) is 4.88. The largest absolute Gasteiger partial charge is 0.494 e. The van der Waals surface area contributed by atoms with Crippen molar-refractivity contribution in [3.63, 3.8) is 0 Å². The first-order valence-electron chi connectivity index (χ1n) is 10.9. The van der Waals surface area contributed by atoms with Crippen LogP contribution < -0.4 is 23.8 Å². The lowest BCUT2D eigenvalue weighted by atomic mass is 10.3. The minimum absolute atomic E-state index is 0.0168. The predicted octanol–water partition coefficient (Wildman–Crippen LogP) is 4.14. The quantitative estimate of drug-likeness (QED) is 0.362. The Hall–Kier alpha value is -3.43. The summed E-state index contributed by atoms with van der Waals surface area (Å²) in [5, 5.41) is 3.11. The number of hydrogen-bond acceptors (Lipinski definition) is 6. The summed E-state index contributed by atoms with van der Waals surface area (Å²) < 4.78 is 44.2. The number of nitrogens with one attached hydrogen (secondary N) is 1. The second-order valence-electron chi connectivity index (χ2n) is 7.24. The van der Waals surface area contributed by atoms with E-state index in [0.717, 1.165) is 4.31 Å². The highest BCUT2D eigenvalue weighted by molar-refractivity contribution is 7.92. The maximum Gasteiger partial charge on any atom is 0.264 e. The number of ether oxygens (including phenoxy) is 3. The van der Waals surface area contributed by atoms with Crippen molar-refractivity contribution in [2.24, 2.45) is 0 Å². The van der Waals surface area contributed by atoms with Crippen molar-refractivity contribution < 1.29 is 27.4 Å². The SMILES string of the molecule is CCOc1ccc(N(CC(=O)NCCOc2ccccc2OC)S(=O)(=O)c2ccc(Cl)cc2)cc1. The van der Waals surface area contributed by atoms with Crippen LogP contribution in [-0.2, 0) is 14.8 Å². The Labute approximate surface area is 210 Å². The highest BCUT2D eigenvalue weighted by Gasteiger charge is 2.27. The van der Waals surface area contributed by atoms with Crippen LogP contribution in [0.25, 0.3) is 0 Å². The van der Waals surface area contributed by atoms with Crippen LogP contribution in [0.1, 0.15) is 6.92 Å². The fraction of sp³-hybridized carbons (Fsp3) is 0.240. The summed E-state index contributed by atoms with van der Waals surface area (Å²) in [5.74, 6) is 1.23. The molecule has 0 fully saturated rings. The zero-order valence-corrected chi connectivity index (χ0v) is 21.0. The van der Waals surface area contributed by atoms with Crippen molar-refractivity contribution in [2.45, 2.75) is 11.8 Å². The van der Waals surface area contributed by atoms with Gasteiger partial charge in [-0.15, -0.1) is 0 Å². The summed E-state index contributed by atoms with van der Waals surface area (Å²) in [6, 6.07) is 19.4. The number of para-hydroxylation sites is 2. The highest BCUT2D eigenvalue weighted by atomic mass is 35.5. The lowest BCUT2D eigenvalue weighted by Gasteiger charge is -2.24. The minimum Gasteiger partial charge on any atom is -0.494 e. The number of methoxy groups -OCH3 is 1. The molecule has 186 valence electrons. The van der Waals surface area contributed by atoms with Crippen LogP contribution in [-0.4, -0.2) is 47.7 Å². The smallest absolute Gasteiger partial charge is 0.264 e. The standard InChI is InChI=1S/C25H27ClN2O6S/c1-3-33-21-12-10-20(11-13-21)28(35(30,31)22-14-8-19(26)9-15-22)18-25(29)27-16-17-34-24-7-5-4-6-23(24)32-2/h4-15H,3,16-18H2,1-2H3,(H,27,29). The van der Waals surface area contributed by atoms with Crippen molar-refractivity contribution in [1.82, 2.24) is 5.32 Å². The molecule has 0 aliphatic rings. The zero-order chi connectivity index (χ0) is 25.3. The Bertz CT molecular complexity index is 1220. The van der Waals surface area contributed by atoms with E-state index in [4.69, 9.17) is 25.8 Å². The number of anilines is 1. The molecule has 3 aromatic rings. The lowest BCUT2D eigenvalue weighted by Crippen LogP contribution is -2.41.